The highest BCUT2D eigenvalue weighted by Crippen LogP contribution is 2.21. The van der Waals surface area contributed by atoms with Crippen molar-refractivity contribution in [2.45, 2.75) is 18.8 Å². The molecule has 1 fully saturated rings. The summed E-state index contributed by atoms with van der Waals surface area (Å²) in [6, 6.07) is 13.0. The lowest BCUT2D eigenvalue weighted by Crippen LogP contribution is -2.55. The summed E-state index contributed by atoms with van der Waals surface area (Å²) in [5, 5.41) is 29.4. The first-order valence-corrected chi connectivity index (χ1v) is 8.97. The van der Waals surface area contributed by atoms with Crippen LogP contribution in [0.3, 0.4) is 0 Å². The van der Waals surface area contributed by atoms with Gasteiger partial charge in [0.25, 0.3) is 11.8 Å². The van der Waals surface area contributed by atoms with Gasteiger partial charge >= 0.3 is 0 Å². The van der Waals surface area contributed by atoms with Gasteiger partial charge in [0.2, 0.25) is 0 Å². The Bertz CT molecular complexity index is 904. The lowest BCUT2D eigenvalue weighted by atomic mass is 10.1. The van der Waals surface area contributed by atoms with E-state index in [0.29, 0.717) is 22.5 Å². The Morgan fingerprint density at radius 1 is 1.23 bits per heavy atom. The lowest BCUT2D eigenvalue weighted by Gasteiger charge is -2.34. The van der Waals surface area contributed by atoms with E-state index in [1.165, 1.54) is 4.90 Å². The van der Waals surface area contributed by atoms with E-state index in [0.717, 1.165) is 0 Å². The molecule has 9 nitrogen and oxygen atoms in total. The first-order chi connectivity index (χ1) is 13.9. The molecule has 0 saturated carbocycles. The fourth-order valence-corrected chi connectivity index (χ4v) is 2.96. The molecule has 0 aromatic heterocycles. The number of nitrogens with two attached hydrogens (primary N) is 1. The standard InChI is InChI=1S/C20H22N4O5.ClH/c21-18(22)13-3-5-14(6-4-13)23-19(27)16(26)17-20(28)24(9-10-29-17)15-7-1-12(11-25)2-8-15;/h1-8,16-17,25-26H,9-11H2,(H3,21,22)(H,23,27);1H/t16?,17-;/m1./s1. The molecule has 3 rings (SSSR count). The maximum atomic E-state index is 12.8. The van der Waals surface area contributed by atoms with Crippen molar-refractivity contribution in [2.24, 2.45) is 5.73 Å². The number of amidine groups is 1. The van der Waals surface area contributed by atoms with Gasteiger partial charge in [0.15, 0.2) is 12.2 Å². The van der Waals surface area contributed by atoms with Gasteiger partial charge in [0.05, 0.1) is 13.2 Å². The molecule has 1 aliphatic heterocycles. The Labute approximate surface area is 179 Å². The second-order valence-corrected chi connectivity index (χ2v) is 6.53. The summed E-state index contributed by atoms with van der Waals surface area (Å²) in [6.45, 7) is 0.344. The summed E-state index contributed by atoms with van der Waals surface area (Å²) in [4.78, 5) is 26.6. The molecule has 2 atom stereocenters. The largest absolute Gasteiger partial charge is 0.392 e. The Morgan fingerprint density at radius 2 is 1.87 bits per heavy atom. The van der Waals surface area contributed by atoms with Crippen LogP contribution in [0, 0.1) is 5.41 Å². The van der Waals surface area contributed by atoms with Crippen LogP contribution in [-0.2, 0) is 20.9 Å². The number of amides is 2. The minimum absolute atomic E-state index is 0. The number of benzene rings is 2. The number of aliphatic hydroxyl groups is 2. The van der Waals surface area contributed by atoms with Gasteiger partial charge in [0.1, 0.15) is 5.84 Å². The average Bonchev–Trinajstić information content (AvgIpc) is 2.74. The lowest BCUT2D eigenvalue weighted by molar-refractivity contribution is -0.150. The van der Waals surface area contributed by atoms with Crippen molar-refractivity contribution in [3.05, 3.63) is 59.7 Å². The van der Waals surface area contributed by atoms with Gasteiger partial charge < -0.3 is 30.9 Å². The minimum Gasteiger partial charge on any atom is -0.392 e. The number of carbonyl (C=O) groups excluding carboxylic acids is 2. The predicted molar refractivity (Wildman–Crippen MR) is 114 cm³/mol. The number of halogens is 1. The van der Waals surface area contributed by atoms with E-state index in [1.54, 1.807) is 48.5 Å². The van der Waals surface area contributed by atoms with Gasteiger partial charge in [-0.15, -0.1) is 12.4 Å². The Hall–Kier alpha value is -2.98. The average molecular weight is 435 g/mol. The van der Waals surface area contributed by atoms with Crippen LogP contribution in [0.1, 0.15) is 11.1 Å². The summed E-state index contributed by atoms with van der Waals surface area (Å²) in [5.41, 5.74) is 7.57. The van der Waals surface area contributed by atoms with Crippen LogP contribution in [0.4, 0.5) is 11.4 Å². The second kappa shape index (κ2) is 10.2. The predicted octanol–water partition coefficient (Wildman–Crippen LogP) is 0.616. The summed E-state index contributed by atoms with van der Waals surface area (Å²) >= 11 is 0. The van der Waals surface area contributed by atoms with E-state index in [1.807, 2.05) is 0 Å². The zero-order valence-electron chi connectivity index (χ0n) is 15.9. The zero-order valence-corrected chi connectivity index (χ0v) is 16.8. The van der Waals surface area contributed by atoms with Gasteiger partial charge in [-0.2, -0.15) is 0 Å². The molecule has 0 radical (unpaired) electrons. The number of nitrogens with one attached hydrogen (secondary N) is 2. The van der Waals surface area contributed by atoms with Crippen LogP contribution >= 0.6 is 12.4 Å². The van der Waals surface area contributed by atoms with Crippen molar-refractivity contribution < 1.29 is 24.5 Å². The summed E-state index contributed by atoms with van der Waals surface area (Å²) in [5.74, 6) is -1.41. The molecule has 30 heavy (non-hydrogen) atoms. The molecule has 0 aliphatic carbocycles. The van der Waals surface area contributed by atoms with E-state index in [2.05, 4.69) is 5.32 Å². The number of morpholine rings is 1. The number of anilines is 2. The molecule has 1 saturated heterocycles. The molecular weight excluding hydrogens is 412 g/mol. The van der Waals surface area contributed by atoms with Gasteiger partial charge in [0, 0.05) is 23.5 Å². The Kier molecular flexibility index (Phi) is 7.90. The number of rotatable bonds is 6. The minimum atomic E-state index is -1.70. The molecule has 10 heteroatoms. The van der Waals surface area contributed by atoms with Gasteiger partial charge in [-0.05, 0) is 42.0 Å². The molecule has 1 unspecified atom stereocenters. The van der Waals surface area contributed by atoms with Crippen LogP contribution < -0.4 is 16.0 Å². The molecule has 2 aromatic rings. The quantitative estimate of drug-likeness (QED) is 0.332. The third-order valence-corrected chi connectivity index (χ3v) is 4.57. The van der Waals surface area contributed by atoms with E-state index in [4.69, 9.17) is 21.0 Å². The van der Waals surface area contributed by atoms with Crippen molar-refractivity contribution >= 4 is 41.4 Å². The summed E-state index contributed by atoms with van der Waals surface area (Å²) in [7, 11) is 0. The molecule has 1 aliphatic rings. The fraction of sp³-hybridized carbons (Fsp3) is 0.250. The molecule has 160 valence electrons. The number of nitrogens with zero attached hydrogens (tertiary/aromatic N) is 1. The SMILES string of the molecule is Cl.N=C(N)c1ccc(NC(=O)C(O)[C@H]2OCCN(c3ccc(CO)cc3)C2=O)cc1. The van der Waals surface area contributed by atoms with Crippen molar-refractivity contribution in [2.75, 3.05) is 23.4 Å². The van der Waals surface area contributed by atoms with Crippen LogP contribution in [0.25, 0.3) is 0 Å². The molecule has 2 amide bonds. The van der Waals surface area contributed by atoms with Crippen molar-refractivity contribution in [1.82, 2.24) is 0 Å². The number of ether oxygens (including phenoxy) is 1. The molecule has 0 spiro atoms. The fourth-order valence-electron chi connectivity index (χ4n) is 2.96. The summed E-state index contributed by atoms with van der Waals surface area (Å²) in [6.07, 6.45) is -3.03. The van der Waals surface area contributed by atoms with Crippen LogP contribution in [0.15, 0.2) is 48.5 Å². The number of hydrogen-bond acceptors (Lipinski definition) is 6. The van der Waals surface area contributed by atoms with Crippen molar-refractivity contribution in [3.63, 3.8) is 0 Å². The number of aliphatic hydroxyl groups excluding tert-OH is 2. The number of hydrogen-bond donors (Lipinski definition) is 5. The molecule has 0 bridgehead atoms. The van der Waals surface area contributed by atoms with Crippen molar-refractivity contribution in [1.29, 1.82) is 5.41 Å². The first kappa shape index (κ1) is 23.3. The molecule has 2 aromatic carbocycles. The topological polar surface area (TPSA) is 149 Å². The number of carbonyl (C=O) groups is 2. The maximum Gasteiger partial charge on any atom is 0.259 e. The van der Waals surface area contributed by atoms with Crippen LogP contribution in [0.5, 0.6) is 0 Å². The zero-order chi connectivity index (χ0) is 21.0. The van der Waals surface area contributed by atoms with Gasteiger partial charge in [-0.3, -0.25) is 15.0 Å². The maximum absolute atomic E-state index is 12.8. The molecule has 6 N–H and O–H groups in total. The van der Waals surface area contributed by atoms with E-state index in [-0.39, 0.29) is 38.0 Å². The first-order valence-electron chi connectivity index (χ1n) is 8.97. The van der Waals surface area contributed by atoms with Crippen molar-refractivity contribution in [3.8, 4) is 0 Å². The van der Waals surface area contributed by atoms with Crippen LogP contribution in [-0.4, -0.2) is 53.2 Å². The Morgan fingerprint density at radius 3 is 2.43 bits per heavy atom. The summed E-state index contributed by atoms with van der Waals surface area (Å²) < 4.78 is 5.37. The monoisotopic (exact) mass is 434 g/mol. The molecule has 1 heterocycles. The number of nitrogen functional groups attached to an aromatic ring is 1. The third kappa shape index (κ3) is 5.14. The van der Waals surface area contributed by atoms with Crippen LogP contribution in [0.2, 0.25) is 0 Å². The third-order valence-electron chi connectivity index (χ3n) is 4.57. The normalized spacial score (nSPS) is 17.1. The molecular formula is C20H23ClN4O5. The smallest absolute Gasteiger partial charge is 0.259 e. The van der Waals surface area contributed by atoms with Gasteiger partial charge in [-0.25, -0.2) is 0 Å². The van der Waals surface area contributed by atoms with E-state index in [9.17, 15) is 14.7 Å². The highest BCUT2D eigenvalue weighted by atomic mass is 35.5. The highest BCUT2D eigenvalue weighted by Gasteiger charge is 2.39. The Balaban J connectivity index is 0.00000320. The van der Waals surface area contributed by atoms with E-state index < -0.39 is 24.0 Å². The second-order valence-electron chi connectivity index (χ2n) is 6.53. The highest BCUT2D eigenvalue weighted by molar-refractivity contribution is 6.04. The van der Waals surface area contributed by atoms with Gasteiger partial charge in [-0.1, -0.05) is 12.1 Å². The van der Waals surface area contributed by atoms with E-state index >= 15 is 0 Å².